The molecule has 3 fully saturated rings. The second-order valence-corrected chi connectivity index (χ2v) is 10.4. The Hall–Kier alpha value is -1.12. The lowest BCUT2D eigenvalue weighted by Gasteiger charge is -2.63. The van der Waals surface area contributed by atoms with Crippen LogP contribution in [0.2, 0.25) is 0 Å². The van der Waals surface area contributed by atoms with E-state index in [1.54, 1.807) is 13.8 Å². The van der Waals surface area contributed by atoms with Gasteiger partial charge in [-0.2, -0.15) is 0 Å². The number of hydrogen-bond acceptors (Lipinski definition) is 6. The Bertz CT molecular complexity index is 887. The summed E-state index contributed by atoms with van der Waals surface area (Å²) in [5.41, 5.74) is -6.78. The molecule has 0 aliphatic heterocycles. The number of ketones is 2. The second-order valence-electron chi connectivity index (χ2n) is 9.98. The topological polar surface area (TPSA) is 115 Å². The van der Waals surface area contributed by atoms with Gasteiger partial charge in [0, 0.05) is 16.7 Å². The monoisotopic (exact) mass is 442 g/mol. The molecule has 0 bridgehead atoms. The highest BCUT2D eigenvalue weighted by molar-refractivity contribution is 6.45. The highest BCUT2D eigenvalue weighted by Crippen LogP contribution is 2.71. The summed E-state index contributed by atoms with van der Waals surface area (Å²) >= 11 is 6.19. The molecule has 0 aromatic rings. The first-order chi connectivity index (χ1) is 13.8. The van der Waals surface area contributed by atoms with Crippen LogP contribution >= 0.6 is 11.6 Å². The van der Waals surface area contributed by atoms with E-state index in [-0.39, 0.29) is 23.4 Å². The van der Waals surface area contributed by atoms with Crippen molar-refractivity contribution in [1.82, 2.24) is 0 Å². The van der Waals surface area contributed by atoms with E-state index in [9.17, 15) is 30.0 Å². The fourth-order valence-corrected chi connectivity index (χ4v) is 7.78. The molecular formula is C22H28ClFO6. The van der Waals surface area contributed by atoms with E-state index in [0.29, 0.717) is 6.42 Å². The third kappa shape index (κ3) is 2.23. The number of rotatable bonds is 2. The maximum atomic E-state index is 17.0. The van der Waals surface area contributed by atoms with Gasteiger partial charge in [-0.05, 0) is 49.7 Å². The summed E-state index contributed by atoms with van der Waals surface area (Å²) in [5.74, 6) is -3.24. The van der Waals surface area contributed by atoms with Crippen LogP contribution in [0.15, 0.2) is 22.8 Å². The molecule has 0 saturated heterocycles. The molecule has 1 unspecified atom stereocenters. The molecule has 4 aliphatic carbocycles. The first-order valence-corrected chi connectivity index (χ1v) is 10.7. The van der Waals surface area contributed by atoms with Crippen LogP contribution in [0.3, 0.4) is 0 Å². The first kappa shape index (κ1) is 22.1. The molecule has 8 heteroatoms. The number of allylic oxidation sites excluding steroid dienone is 3. The van der Waals surface area contributed by atoms with Gasteiger partial charge in [0.25, 0.3) is 0 Å². The molecule has 166 valence electrons. The third-order valence-corrected chi connectivity index (χ3v) is 9.28. The van der Waals surface area contributed by atoms with Crippen molar-refractivity contribution in [3.05, 3.63) is 22.8 Å². The zero-order chi connectivity index (χ0) is 22.4. The molecule has 0 heterocycles. The molecule has 4 N–H and O–H groups in total. The summed E-state index contributed by atoms with van der Waals surface area (Å²) in [5, 5.41) is 42.7. The van der Waals surface area contributed by atoms with Crippen LogP contribution in [0.25, 0.3) is 0 Å². The largest absolute Gasteiger partial charge is 0.390 e. The zero-order valence-electron chi connectivity index (χ0n) is 17.2. The number of alkyl halides is 1. The van der Waals surface area contributed by atoms with Crippen LogP contribution in [0, 0.1) is 28.6 Å². The Kier molecular flexibility index (Phi) is 4.75. The van der Waals surface area contributed by atoms with E-state index in [1.807, 2.05) is 0 Å². The summed E-state index contributed by atoms with van der Waals surface area (Å²) in [4.78, 5) is 24.7. The van der Waals surface area contributed by atoms with E-state index in [2.05, 4.69) is 0 Å². The lowest BCUT2D eigenvalue weighted by Crippen LogP contribution is -2.71. The van der Waals surface area contributed by atoms with Crippen molar-refractivity contribution in [2.45, 2.75) is 63.5 Å². The number of aliphatic hydroxyl groups excluding tert-OH is 3. The van der Waals surface area contributed by atoms with Crippen molar-refractivity contribution in [3.8, 4) is 0 Å². The normalized spacial score (nSPS) is 52.7. The Morgan fingerprint density at radius 1 is 1.27 bits per heavy atom. The summed E-state index contributed by atoms with van der Waals surface area (Å²) < 4.78 is 17.0. The summed E-state index contributed by atoms with van der Waals surface area (Å²) in [6.45, 7) is 4.02. The quantitative estimate of drug-likeness (QED) is 0.514. The van der Waals surface area contributed by atoms with E-state index in [4.69, 9.17) is 11.6 Å². The van der Waals surface area contributed by atoms with Gasteiger partial charge >= 0.3 is 0 Å². The number of carbonyl (C=O) groups is 2. The SMILES string of the molecule is C[C@@H]1C[C@H]2[C@@H]3CC(O)C4=C(Cl)C(=O)C=C[C@]4(C)[C@@]3(F)[C@@H](O)C[C@]2(C)[C@@]1(O)C(=O)CO. The molecule has 30 heavy (non-hydrogen) atoms. The van der Waals surface area contributed by atoms with Crippen LogP contribution in [-0.2, 0) is 9.59 Å². The molecule has 0 aromatic heterocycles. The number of fused-ring (bicyclic) bond motifs is 5. The number of Topliss-reactive ketones (excluding diaryl/α,β-unsaturated/α-hetero) is 1. The predicted octanol–water partition coefficient (Wildman–Crippen LogP) is 1.43. The van der Waals surface area contributed by atoms with Gasteiger partial charge in [-0.3, -0.25) is 9.59 Å². The van der Waals surface area contributed by atoms with Gasteiger partial charge in [0.15, 0.2) is 17.2 Å². The second kappa shape index (κ2) is 6.45. The van der Waals surface area contributed by atoms with Crippen LogP contribution in [0.5, 0.6) is 0 Å². The lowest BCUT2D eigenvalue weighted by atomic mass is 9.44. The number of carbonyl (C=O) groups excluding carboxylic acids is 2. The minimum Gasteiger partial charge on any atom is -0.390 e. The van der Waals surface area contributed by atoms with Crippen LogP contribution in [0.4, 0.5) is 4.39 Å². The lowest BCUT2D eigenvalue weighted by molar-refractivity contribution is -0.226. The summed E-state index contributed by atoms with van der Waals surface area (Å²) in [7, 11) is 0. The van der Waals surface area contributed by atoms with E-state index >= 15 is 4.39 Å². The molecular weight excluding hydrogens is 415 g/mol. The smallest absolute Gasteiger partial charge is 0.196 e. The highest BCUT2D eigenvalue weighted by Gasteiger charge is 2.76. The average Bonchev–Trinajstić information content (AvgIpc) is 2.88. The zero-order valence-corrected chi connectivity index (χ0v) is 18.0. The van der Waals surface area contributed by atoms with Crippen molar-refractivity contribution < 1.29 is 34.4 Å². The van der Waals surface area contributed by atoms with Gasteiger partial charge in [-0.25, -0.2) is 4.39 Å². The molecule has 0 spiro atoms. The van der Waals surface area contributed by atoms with Crippen LogP contribution < -0.4 is 0 Å². The maximum Gasteiger partial charge on any atom is 0.196 e. The standard InChI is InChI=1S/C22H28ClFO6/c1-10-6-11-12-7-14(27)17-18(23)13(26)4-5-19(17,2)21(12,24)15(28)8-20(11,3)22(10,30)16(29)9-25/h4-5,10-12,14-15,25,27-28,30H,6-9H2,1-3H3/t10-,11+,12+,14?,15+,19+,20+,21+,22+/m1/s1. The van der Waals surface area contributed by atoms with Gasteiger partial charge in [0.1, 0.15) is 12.2 Å². The number of halogens is 2. The minimum absolute atomic E-state index is 0.0748. The fraction of sp³-hybridized carbons (Fsp3) is 0.727. The number of aliphatic hydroxyl groups is 4. The Balaban J connectivity index is 1.89. The van der Waals surface area contributed by atoms with Gasteiger partial charge in [0.05, 0.1) is 17.2 Å². The molecule has 0 aromatic carbocycles. The Morgan fingerprint density at radius 2 is 1.90 bits per heavy atom. The summed E-state index contributed by atoms with van der Waals surface area (Å²) in [6, 6.07) is 0. The molecule has 3 saturated carbocycles. The highest BCUT2D eigenvalue weighted by atomic mass is 35.5. The van der Waals surface area contributed by atoms with Gasteiger partial charge in [-0.1, -0.05) is 31.5 Å². The van der Waals surface area contributed by atoms with Crippen LogP contribution in [-0.4, -0.2) is 62.1 Å². The first-order valence-electron chi connectivity index (χ1n) is 10.4. The van der Waals surface area contributed by atoms with Crippen molar-refractivity contribution in [3.63, 3.8) is 0 Å². The van der Waals surface area contributed by atoms with Gasteiger partial charge in [-0.15, -0.1) is 0 Å². The van der Waals surface area contributed by atoms with Gasteiger partial charge in [0.2, 0.25) is 0 Å². The number of hydrogen-bond donors (Lipinski definition) is 4. The Labute approximate surface area is 179 Å². The Morgan fingerprint density at radius 3 is 2.50 bits per heavy atom. The van der Waals surface area contributed by atoms with Crippen LogP contribution in [0.1, 0.15) is 40.0 Å². The minimum atomic E-state index is -2.25. The maximum absolute atomic E-state index is 17.0. The predicted molar refractivity (Wildman–Crippen MR) is 106 cm³/mol. The molecule has 6 nitrogen and oxygen atoms in total. The summed E-state index contributed by atoms with van der Waals surface area (Å²) in [6.07, 6.45) is -0.214. The molecule has 0 radical (unpaired) electrons. The fourth-order valence-electron chi connectivity index (χ4n) is 7.39. The van der Waals surface area contributed by atoms with Crippen molar-refractivity contribution in [2.24, 2.45) is 28.6 Å². The van der Waals surface area contributed by atoms with E-state index in [0.717, 1.165) is 0 Å². The average molecular weight is 443 g/mol. The van der Waals surface area contributed by atoms with Crippen molar-refractivity contribution in [1.29, 1.82) is 0 Å². The van der Waals surface area contributed by atoms with E-state index in [1.165, 1.54) is 19.1 Å². The molecule has 9 atom stereocenters. The molecule has 0 amide bonds. The van der Waals surface area contributed by atoms with Gasteiger partial charge < -0.3 is 20.4 Å². The third-order valence-electron chi connectivity index (χ3n) is 8.89. The van der Waals surface area contributed by atoms with Crippen molar-refractivity contribution >= 4 is 23.2 Å². The van der Waals surface area contributed by atoms with Crippen molar-refractivity contribution in [2.75, 3.05) is 6.61 Å². The molecule has 4 rings (SSSR count). The van der Waals surface area contributed by atoms with E-state index < -0.39 is 70.2 Å². The molecule has 4 aliphatic rings.